The molecule has 2 aromatic rings. The molecule has 0 radical (unpaired) electrons. The molecule has 0 N–H and O–H groups in total. The van der Waals surface area contributed by atoms with E-state index in [0.717, 1.165) is 5.56 Å². The molecule has 1 saturated heterocycles. The van der Waals surface area contributed by atoms with Crippen LogP contribution in [0.3, 0.4) is 0 Å². The van der Waals surface area contributed by atoms with Gasteiger partial charge < -0.3 is 9.15 Å². The van der Waals surface area contributed by atoms with Gasteiger partial charge in [-0.05, 0) is 37.5 Å². The third kappa shape index (κ3) is 4.64. The monoisotopic (exact) mass is 396 g/mol. The summed E-state index contributed by atoms with van der Waals surface area (Å²) in [7, 11) is -1.33. The topological polar surface area (TPSA) is 99.4 Å². The van der Waals surface area contributed by atoms with Crippen molar-refractivity contribution < 1.29 is 22.4 Å². The summed E-state index contributed by atoms with van der Waals surface area (Å²) in [6, 6.07) is 5.30. The van der Waals surface area contributed by atoms with E-state index in [9.17, 15) is 13.2 Å². The number of ether oxygens (including phenoxy) is 1. The van der Waals surface area contributed by atoms with Crippen molar-refractivity contribution in [1.82, 2.24) is 10.2 Å². The second-order valence-electron chi connectivity index (χ2n) is 6.31. The Kier molecular flexibility index (Phi) is 5.67. The van der Waals surface area contributed by atoms with Gasteiger partial charge in [0.2, 0.25) is 5.89 Å². The van der Waals surface area contributed by atoms with Crippen LogP contribution < -0.4 is 4.74 Å². The number of rotatable bonds is 7. The molecular weight excluding hydrogens is 376 g/mol. The molecule has 140 valence electrons. The third-order valence-electron chi connectivity index (χ3n) is 4.28. The summed E-state index contributed by atoms with van der Waals surface area (Å²) in [6.45, 7) is 1.52. The molecule has 1 atom stereocenters. The van der Waals surface area contributed by atoms with Gasteiger partial charge in [0, 0.05) is 23.3 Å². The zero-order chi connectivity index (χ0) is 18.7. The molecule has 1 aliphatic heterocycles. The highest BCUT2D eigenvalue weighted by molar-refractivity contribution is 7.98. The molecule has 3 rings (SSSR count). The summed E-state index contributed by atoms with van der Waals surface area (Å²) in [5.41, 5.74) is 1.49. The van der Waals surface area contributed by atoms with Crippen LogP contribution in [0.2, 0.25) is 0 Å². The van der Waals surface area contributed by atoms with E-state index < -0.39 is 9.84 Å². The maximum atomic E-state index is 11.6. The first kappa shape index (κ1) is 18.9. The van der Waals surface area contributed by atoms with Crippen molar-refractivity contribution >= 4 is 27.4 Å². The van der Waals surface area contributed by atoms with Crippen LogP contribution in [0.4, 0.5) is 0 Å². The second-order valence-corrected chi connectivity index (χ2v) is 9.46. The lowest BCUT2D eigenvalue weighted by Gasteiger charge is -2.08. The van der Waals surface area contributed by atoms with Gasteiger partial charge in [0.1, 0.15) is 5.75 Å². The Balaban J connectivity index is 1.63. The summed E-state index contributed by atoms with van der Waals surface area (Å²) >= 11 is 1.35. The van der Waals surface area contributed by atoms with Gasteiger partial charge in [-0.3, -0.25) is 4.79 Å². The van der Waals surface area contributed by atoms with Crippen LogP contribution in [0.1, 0.15) is 35.2 Å². The molecule has 0 aliphatic carbocycles. The number of benzene rings is 1. The number of thioether (sulfide) groups is 1. The van der Waals surface area contributed by atoms with E-state index >= 15 is 0 Å². The standard InChI is InChI=1S/C17H20N2O5S2/c1-11(20)13-3-4-15(23-2)14(8-13)9-25-17-19-18-16(24-17)7-12-5-6-26(21,22)10-12/h3-4,8,12H,5-7,9-10H2,1-2H3/t12-/m1/s1. The first-order valence-corrected chi connectivity index (χ1v) is 11.0. The van der Waals surface area contributed by atoms with E-state index in [-0.39, 0.29) is 23.2 Å². The molecule has 26 heavy (non-hydrogen) atoms. The molecule has 0 saturated carbocycles. The van der Waals surface area contributed by atoms with Crippen molar-refractivity contribution in [3.8, 4) is 5.75 Å². The van der Waals surface area contributed by atoms with Crippen molar-refractivity contribution in [2.75, 3.05) is 18.6 Å². The lowest BCUT2D eigenvalue weighted by atomic mass is 10.1. The largest absolute Gasteiger partial charge is 0.496 e. The van der Waals surface area contributed by atoms with Crippen LogP contribution in [0.5, 0.6) is 5.75 Å². The van der Waals surface area contributed by atoms with Crippen LogP contribution in [-0.4, -0.2) is 43.0 Å². The fraction of sp³-hybridized carbons (Fsp3) is 0.471. The Morgan fingerprint density at radius 3 is 2.85 bits per heavy atom. The van der Waals surface area contributed by atoms with Crippen LogP contribution >= 0.6 is 11.8 Å². The molecule has 1 aromatic carbocycles. The Hall–Kier alpha value is -1.87. The number of carbonyl (C=O) groups is 1. The number of hydrogen-bond donors (Lipinski definition) is 0. The van der Waals surface area contributed by atoms with Crippen molar-refractivity contribution in [3.05, 3.63) is 35.2 Å². The molecule has 0 bridgehead atoms. The molecule has 1 fully saturated rings. The molecule has 1 aliphatic rings. The number of aromatic nitrogens is 2. The van der Waals surface area contributed by atoms with Crippen LogP contribution in [0, 0.1) is 5.92 Å². The predicted octanol–water partition coefficient (Wildman–Crippen LogP) is 2.55. The van der Waals surface area contributed by atoms with Gasteiger partial charge in [-0.2, -0.15) is 0 Å². The predicted molar refractivity (Wildman–Crippen MR) is 97.3 cm³/mol. The molecule has 0 amide bonds. The van der Waals surface area contributed by atoms with E-state index in [1.54, 1.807) is 25.3 Å². The highest BCUT2D eigenvalue weighted by Gasteiger charge is 2.29. The third-order valence-corrected chi connectivity index (χ3v) is 6.98. The number of ketones is 1. The highest BCUT2D eigenvalue weighted by Crippen LogP contribution is 2.29. The number of hydrogen-bond acceptors (Lipinski definition) is 8. The fourth-order valence-corrected chi connectivity index (χ4v) is 5.53. The fourth-order valence-electron chi connectivity index (χ4n) is 2.91. The minimum atomic E-state index is -2.91. The first-order chi connectivity index (χ1) is 12.4. The molecule has 0 unspecified atom stereocenters. The molecule has 0 spiro atoms. The Bertz CT molecular complexity index is 908. The molecule has 1 aromatic heterocycles. The maximum Gasteiger partial charge on any atom is 0.276 e. The maximum absolute atomic E-state index is 11.6. The summed E-state index contributed by atoms with van der Waals surface area (Å²) in [6.07, 6.45) is 1.12. The van der Waals surface area contributed by atoms with E-state index in [1.807, 2.05) is 0 Å². The van der Waals surface area contributed by atoms with Crippen LogP contribution in [0.15, 0.2) is 27.8 Å². The van der Waals surface area contributed by atoms with Crippen LogP contribution in [0.25, 0.3) is 0 Å². The van der Waals surface area contributed by atoms with E-state index in [1.165, 1.54) is 18.7 Å². The summed E-state index contributed by atoms with van der Waals surface area (Å²) in [5, 5.41) is 8.44. The van der Waals surface area contributed by atoms with Gasteiger partial charge in [0.15, 0.2) is 15.6 Å². The minimum absolute atomic E-state index is 0.00880. The van der Waals surface area contributed by atoms with Crippen molar-refractivity contribution in [3.63, 3.8) is 0 Å². The van der Waals surface area contributed by atoms with Crippen molar-refractivity contribution in [2.45, 2.75) is 30.7 Å². The number of Topliss-reactive ketones (excluding diaryl/α,β-unsaturated/α-hetero) is 1. The zero-order valence-corrected chi connectivity index (χ0v) is 16.2. The summed E-state index contributed by atoms with van der Waals surface area (Å²) < 4.78 is 34.0. The number of methoxy groups -OCH3 is 1. The van der Waals surface area contributed by atoms with E-state index in [0.29, 0.717) is 41.0 Å². The normalized spacial score (nSPS) is 18.8. The number of carbonyl (C=O) groups excluding carboxylic acids is 1. The van der Waals surface area contributed by atoms with E-state index in [2.05, 4.69) is 10.2 Å². The van der Waals surface area contributed by atoms with Gasteiger partial charge in [0.05, 0.1) is 18.6 Å². The van der Waals surface area contributed by atoms with E-state index in [4.69, 9.17) is 9.15 Å². The molecule has 7 nitrogen and oxygen atoms in total. The lowest BCUT2D eigenvalue weighted by Crippen LogP contribution is -2.07. The molecular formula is C17H20N2O5S2. The van der Waals surface area contributed by atoms with Crippen molar-refractivity contribution in [1.29, 1.82) is 0 Å². The number of nitrogens with zero attached hydrogens (tertiary/aromatic N) is 2. The average Bonchev–Trinajstić information content (AvgIpc) is 3.18. The number of sulfone groups is 1. The van der Waals surface area contributed by atoms with Crippen LogP contribution in [-0.2, 0) is 22.0 Å². The van der Waals surface area contributed by atoms with Crippen molar-refractivity contribution in [2.24, 2.45) is 5.92 Å². The van der Waals surface area contributed by atoms with Gasteiger partial charge >= 0.3 is 0 Å². The van der Waals surface area contributed by atoms with Gasteiger partial charge in [-0.25, -0.2) is 8.42 Å². The first-order valence-electron chi connectivity index (χ1n) is 8.20. The summed E-state index contributed by atoms with van der Waals surface area (Å²) in [5.74, 6) is 2.13. The zero-order valence-electron chi connectivity index (χ0n) is 14.6. The Morgan fingerprint density at radius 1 is 1.38 bits per heavy atom. The highest BCUT2D eigenvalue weighted by atomic mass is 32.2. The minimum Gasteiger partial charge on any atom is -0.496 e. The smallest absolute Gasteiger partial charge is 0.276 e. The Morgan fingerprint density at radius 2 is 2.19 bits per heavy atom. The second kappa shape index (κ2) is 7.79. The quantitative estimate of drug-likeness (QED) is 0.520. The molecule has 9 heteroatoms. The average molecular weight is 396 g/mol. The molecule has 2 heterocycles. The summed E-state index contributed by atoms with van der Waals surface area (Å²) in [4.78, 5) is 11.6. The van der Waals surface area contributed by atoms with Gasteiger partial charge in [-0.1, -0.05) is 11.8 Å². The van der Waals surface area contributed by atoms with Gasteiger partial charge in [-0.15, -0.1) is 10.2 Å². The van der Waals surface area contributed by atoms with Gasteiger partial charge in [0.25, 0.3) is 5.22 Å². The SMILES string of the molecule is COc1ccc(C(C)=O)cc1CSc1nnc(C[C@H]2CCS(=O)(=O)C2)o1. The lowest BCUT2D eigenvalue weighted by molar-refractivity contribution is 0.101. The Labute approximate surface area is 156 Å².